The summed E-state index contributed by atoms with van der Waals surface area (Å²) in [7, 11) is 5.30. The quantitative estimate of drug-likeness (QED) is 0.201. The lowest BCUT2D eigenvalue weighted by molar-refractivity contribution is -0.110. The number of rotatable bonds is 9. The number of carbonyl (C=O) groups excluding carboxylic acids is 2. The predicted molar refractivity (Wildman–Crippen MR) is 146 cm³/mol. The molecule has 0 radical (unpaired) electrons. The zero-order valence-electron chi connectivity index (χ0n) is 21.5. The summed E-state index contributed by atoms with van der Waals surface area (Å²) in [6.07, 6.45) is -0.777. The topological polar surface area (TPSA) is 103 Å². The largest absolute Gasteiger partial charge is 0.465 e. The highest BCUT2D eigenvalue weighted by Gasteiger charge is 2.30. The number of ether oxygens (including phenoxy) is 1. The third-order valence-electron chi connectivity index (χ3n) is 6.22. The molecule has 1 unspecified atom stereocenters. The van der Waals surface area contributed by atoms with Crippen LogP contribution in [0.3, 0.4) is 0 Å². The normalized spacial score (nSPS) is 14.7. The molecule has 3 aromatic rings. The second-order valence-electron chi connectivity index (χ2n) is 9.18. The first-order valence-electron chi connectivity index (χ1n) is 12.1. The zero-order chi connectivity index (χ0) is 26.5. The van der Waals surface area contributed by atoms with Crippen molar-refractivity contribution in [1.29, 1.82) is 0 Å². The molecule has 0 aliphatic carbocycles. The van der Waals surface area contributed by atoms with Gasteiger partial charge in [0.05, 0.1) is 29.6 Å². The van der Waals surface area contributed by atoms with Crippen LogP contribution in [0.25, 0.3) is 11.3 Å². The maximum atomic E-state index is 13.2. The molecule has 0 saturated heterocycles. The van der Waals surface area contributed by atoms with Gasteiger partial charge in [-0.2, -0.15) is 0 Å². The Balaban J connectivity index is 1.69. The summed E-state index contributed by atoms with van der Waals surface area (Å²) in [4.78, 5) is 27.4. The minimum absolute atomic E-state index is 0.264. The Morgan fingerprint density at radius 1 is 1.08 bits per heavy atom. The summed E-state index contributed by atoms with van der Waals surface area (Å²) in [5.41, 5.74) is 5.85. The number of aliphatic hydroxyl groups is 1. The molecule has 3 aromatic carbocycles. The smallest absolute Gasteiger partial charge is 0.338 e. The number of esters is 1. The SMILES string of the molecule is COC(=O)c1cc2c(cc1C)/C(=C(/Nc1ccc(C(O)NCCN(C)C)cc1)c1ccccc1)C(=O)N2. The molecule has 0 fully saturated rings. The lowest BCUT2D eigenvalue weighted by atomic mass is 9.96. The molecule has 8 heteroatoms. The Labute approximate surface area is 217 Å². The first-order valence-corrected chi connectivity index (χ1v) is 12.1. The van der Waals surface area contributed by atoms with Gasteiger partial charge in [0.15, 0.2) is 0 Å². The van der Waals surface area contributed by atoms with E-state index in [4.69, 9.17) is 4.74 Å². The van der Waals surface area contributed by atoms with Crippen LogP contribution in [0.2, 0.25) is 0 Å². The van der Waals surface area contributed by atoms with Crippen molar-refractivity contribution in [2.24, 2.45) is 0 Å². The van der Waals surface area contributed by atoms with Gasteiger partial charge >= 0.3 is 5.97 Å². The number of methoxy groups -OCH3 is 1. The van der Waals surface area contributed by atoms with Gasteiger partial charge in [-0.15, -0.1) is 0 Å². The maximum Gasteiger partial charge on any atom is 0.338 e. The molecule has 4 N–H and O–H groups in total. The van der Waals surface area contributed by atoms with Gasteiger partial charge in [-0.05, 0) is 62.0 Å². The van der Waals surface area contributed by atoms with Crippen LogP contribution in [0.4, 0.5) is 11.4 Å². The number of anilines is 2. The Bertz CT molecular complexity index is 1320. The number of aryl methyl sites for hydroxylation is 1. The summed E-state index contributed by atoms with van der Waals surface area (Å²) in [6, 6.07) is 20.5. The van der Waals surface area contributed by atoms with Crippen molar-refractivity contribution in [3.05, 3.63) is 94.5 Å². The van der Waals surface area contributed by atoms with Crippen molar-refractivity contribution in [3.8, 4) is 0 Å². The summed E-state index contributed by atoms with van der Waals surface area (Å²) in [6.45, 7) is 3.29. The van der Waals surface area contributed by atoms with E-state index in [0.29, 0.717) is 40.2 Å². The highest BCUT2D eigenvalue weighted by atomic mass is 16.5. The molecule has 0 aromatic heterocycles. The van der Waals surface area contributed by atoms with Gasteiger partial charge in [-0.25, -0.2) is 4.79 Å². The number of nitrogens with one attached hydrogen (secondary N) is 3. The van der Waals surface area contributed by atoms with Crippen molar-refractivity contribution < 1.29 is 19.4 Å². The van der Waals surface area contributed by atoms with Crippen molar-refractivity contribution in [2.45, 2.75) is 13.2 Å². The van der Waals surface area contributed by atoms with E-state index in [-0.39, 0.29) is 5.91 Å². The summed E-state index contributed by atoms with van der Waals surface area (Å²) < 4.78 is 4.88. The molecular formula is C29H32N4O4. The molecule has 37 heavy (non-hydrogen) atoms. The van der Waals surface area contributed by atoms with Gasteiger partial charge in [-0.3, -0.25) is 10.1 Å². The number of fused-ring (bicyclic) bond motifs is 1. The van der Waals surface area contributed by atoms with E-state index in [1.165, 1.54) is 7.11 Å². The van der Waals surface area contributed by atoms with Gasteiger partial charge in [0.1, 0.15) is 6.23 Å². The number of hydrogen-bond donors (Lipinski definition) is 4. The van der Waals surface area contributed by atoms with Gasteiger partial charge in [0.2, 0.25) is 0 Å². The average Bonchev–Trinajstić information content (AvgIpc) is 3.21. The minimum Gasteiger partial charge on any atom is -0.465 e. The van der Waals surface area contributed by atoms with E-state index >= 15 is 0 Å². The molecule has 192 valence electrons. The molecule has 4 rings (SSSR count). The van der Waals surface area contributed by atoms with E-state index in [2.05, 4.69) is 16.0 Å². The van der Waals surface area contributed by atoms with Crippen molar-refractivity contribution >= 4 is 34.5 Å². The summed E-state index contributed by atoms with van der Waals surface area (Å²) >= 11 is 0. The second-order valence-corrected chi connectivity index (χ2v) is 9.18. The Morgan fingerprint density at radius 3 is 2.43 bits per heavy atom. The van der Waals surface area contributed by atoms with E-state index < -0.39 is 12.2 Å². The molecule has 1 heterocycles. The monoisotopic (exact) mass is 500 g/mol. The number of likely N-dealkylation sites (N-methyl/N-ethyl adjacent to an activating group) is 1. The lowest BCUT2D eigenvalue weighted by Crippen LogP contribution is -2.29. The first-order chi connectivity index (χ1) is 17.8. The van der Waals surface area contributed by atoms with Crippen LogP contribution in [0.15, 0.2) is 66.7 Å². The highest BCUT2D eigenvalue weighted by molar-refractivity contribution is 6.37. The zero-order valence-corrected chi connectivity index (χ0v) is 21.5. The molecule has 1 amide bonds. The highest BCUT2D eigenvalue weighted by Crippen LogP contribution is 2.39. The van der Waals surface area contributed by atoms with Crippen LogP contribution in [0.1, 0.15) is 38.8 Å². The number of hydrogen-bond acceptors (Lipinski definition) is 7. The second kappa shape index (κ2) is 11.4. The molecule has 0 saturated carbocycles. The molecule has 0 bridgehead atoms. The van der Waals surface area contributed by atoms with Crippen LogP contribution in [0, 0.1) is 6.92 Å². The first kappa shape index (κ1) is 26.1. The maximum absolute atomic E-state index is 13.2. The summed E-state index contributed by atoms with van der Waals surface area (Å²) in [5.74, 6) is -0.716. The van der Waals surface area contributed by atoms with Gasteiger partial charge < -0.3 is 25.4 Å². The fourth-order valence-electron chi connectivity index (χ4n) is 4.22. The third-order valence-corrected chi connectivity index (χ3v) is 6.22. The van der Waals surface area contributed by atoms with Gasteiger partial charge in [-0.1, -0.05) is 42.5 Å². The fourth-order valence-corrected chi connectivity index (χ4v) is 4.22. The molecule has 1 aliphatic heterocycles. The molecule has 8 nitrogen and oxygen atoms in total. The Kier molecular flexibility index (Phi) is 8.03. The van der Waals surface area contributed by atoms with Crippen LogP contribution < -0.4 is 16.0 Å². The van der Waals surface area contributed by atoms with Gasteiger partial charge in [0, 0.05) is 24.3 Å². The number of benzene rings is 3. The van der Waals surface area contributed by atoms with E-state index in [9.17, 15) is 14.7 Å². The third kappa shape index (κ3) is 5.89. The number of amides is 1. The summed E-state index contributed by atoms with van der Waals surface area (Å²) in [5, 5.41) is 19.9. The molecule has 1 aliphatic rings. The number of carbonyl (C=O) groups is 2. The van der Waals surface area contributed by atoms with Crippen LogP contribution in [-0.2, 0) is 9.53 Å². The molecule has 1 atom stereocenters. The average molecular weight is 501 g/mol. The van der Waals surface area contributed by atoms with Crippen molar-refractivity contribution in [3.63, 3.8) is 0 Å². The molecular weight excluding hydrogens is 468 g/mol. The van der Waals surface area contributed by atoms with Crippen LogP contribution in [0.5, 0.6) is 0 Å². The predicted octanol–water partition coefficient (Wildman–Crippen LogP) is 3.86. The minimum atomic E-state index is -0.777. The van der Waals surface area contributed by atoms with E-state index in [1.54, 1.807) is 6.07 Å². The van der Waals surface area contributed by atoms with Crippen LogP contribution in [-0.4, -0.2) is 56.2 Å². The van der Waals surface area contributed by atoms with Crippen LogP contribution >= 0.6 is 0 Å². The van der Waals surface area contributed by atoms with Crippen molar-refractivity contribution in [1.82, 2.24) is 10.2 Å². The van der Waals surface area contributed by atoms with Gasteiger partial charge in [0.25, 0.3) is 5.91 Å². The molecule has 0 spiro atoms. The van der Waals surface area contributed by atoms with E-state index in [0.717, 1.165) is 23.4 Å². The van der Waals surface area contributed by atoms with E-state index in [1.807, 2.05) is 86.6 Å². The van der Waals surface area contributed by atoms with Crippen molar-refractivity contribution in [2.75, 3.05) is 44.9 Å². The standard InChI is InChI=1S/C29H32N4O4/c1-18-16-23-24(17-22(18)29(36)37-4)32-28(35)25(23)26(19-8-6-5-7-9-19)31-21-12-10-20(11-13-21)27(34)30-14-15-33(2)3/h5-13,16-17,27,30-31,34H,14-15H2,1-4H3,(H,32,35)/b26-25-. The Morgan fingerprint density at radius 2 is 1.78 bits per heavy atom. The lowest BCUT2D eigenvalue weighted by Gasteiger charge is -2.17. The number of nitrogens with zero attached hydrogens (tertiary/aromatic N) is 1. The Hall–Kier alpha value is -3.98. The number of aliphatic hydroxyl groups excluding tert-OH is 1. The fraction of sp³-hybridized carbons (Fsp3) is 0.241.